The molecule has 98 valence electrons. The molecule has 1 rings (SSSR count). The lowest BCUT2D eigenvalue weighted by atomic mass is 10.1. The molecule has 0 heterocycles. The van der Waals surface area contributed by atoms with Crippen LogP contribution < -0.4 is 5.73 Å². The van der Waals surface area contributed by atoms with Gasteiger partial charge in [0.05, 0.1) is 0 Å². The summed E-state index contributed by atoms with van der Waals surface area (Å²) >= 11 is 0. The largest absolute Gasteiger partial charge is 0.480 e. The maximum atomic E-state index is 12.2. The summed E-state index contributed by atoms with van der Waals surface area (Å²) in [6, 6.07) is 6.71. The second-order valence-corrected chi connectivity index (χ2v) is 4.32. The first kappa shape index (κ1) is 14.2. The first-order valence-electron chi connectivity index (χ1n) is 5.77. The maximum Gasteiger partial charge on any atom is 0.323 e. The number of benzene rings is 1. The Morgan fingerprint density at radius 3 is 2.22 bits per heavy atom. The number of nitrogens with zero attached hydrogens (tertiary/aromatic N) is 1. The molecule has 18 heavy (non-hydrogen) atoms. The van der Waals surface area contributed by atoms with Gasteiger partial charge in [-0.05, 0) is 31.5 Å². The summed E-state index contributed by atoms with van der Waals surface area (Å²) in [5, 5.41) is 8.80. The molecule has 0 radical (unpaired) electrons. The molecule has 0 atom stereocenters. The Bertz CT molecular complexity index is 426. The van der Waals surface area contributed by atoms with E-state index in [2.05, 4.69) is 0 Å². The smallest absolute Gasteiger partial charge is 0.323 e. The van der Waals surface area contributed by atoms with E-state index in [0.29, 0.717) is 12.1 Å². The molecule has 0 aliphatic heterocycles. The molecule has 5 nitrogen and oxygen atoms in total. The molecule has 5 heteroatoms. The highest BCUT2D eigenvalue weighted by molar-refractivity contribution is 5.96. The summed E-state index contributed by atoms with van der Waals surface area (Å²) in [5.74, 6) is -1.30. The lowest BCUT2D eigenvalue weighted by molar-refractivity contribution is -0.138. The fourth-order valence-corrected chi connectivity index (χ4v) is 1.58. The van der Waals surface area contributed by atoms with E-state index in [1.54, 1.807) is 38.1 Å². The average molecular weight is 250 g/mol. The van der Waals surface area contributed by atoms with Gasteiger partial charge in [-0.2, -0.15) is 0 Å². The minimum atomic E-state index is -1.02. The van der Waals surface area contributed by atoms with Crippen LogP contribution in [0.3, 0.4) is 0 Å². The highest BCUT2D eigenvalue weighted by Gasteiger charge is 2.20. The Hall–Kier alpha value is -1.88. The Kier molecular flexibility index (Phi) is 4.85. The van der Waals surface area contributed by atoms with Gasteiger partial charge in [-0.1, -0.05) is 12.1 Å². The highest BCUT2D eigenvalue weighted by atomic mass is 16.4. The van der Waals surface area contributed by atoms with Crippen molar-refractivity contribution in [2.24, 2.45) is 5.73 Å². The van der Waals surface area contributed by atoms with Crippen LogP contribution in [0.2, 0.25) is 0 Å². The highest BCUT2D eigenvalue weighted by Crippen LogP contribution is 2.10. The molecule has 0 unspecified atom stereocenters. The predicted octanol–water partition coefficient (Wildman–Crippen LogP) is 1.08. The van der Waals surface area contributed by atoms with Gasteiger partial charge >= 0.3 is 5.97 Å². The van der Waals surface area contributed by atoms with E-state index >= 15 is 0 Å². The van der Waals surface area contributed by atoms with Crippen LogP contribution in [0.5, 0.6) is 0 Å². The van der Waals surface area contributed by atoms with E-state index in [-0.39, 0.29) is 18.5 Å². The molecule has 0 bridgehead atoms. The minimum Gasteiger partial charge on any atom is -0.480 e. The SMILES string of the molecule is CC(C)N(CC(=O)O)C(=O)c1ccc(CN)cc1. The van der Waals surface area contributed by atoms with Crippen molar-refractivity contribution < 1.29 is 14.7 Å². The quantitative estimate of drug-likeness (QED) is 0.819. The minimum absolute atomic E-state index is 0.164. The zero-order valence-corrected chi connectivity index (χ0v) is 10.6. The van der Waals surface area contributed by atoms with Crippen LogP contribution in [-0.2, 0) is 11.3 Å². The summed E-state index contributed by atoms with van der Waals surface area (Å²) in [6.45, 7) is 3.69. The van der Waals surface area contributed by atoms with E-state index in [1.165, 1.54) is 4.90 Å². The normalized spacial score (nSPS) is 10.4. The summed E-state index contributed by atoms with van der Waals surface area (Å²) in [4.78, 5) is 24.2. The van der Waals surface area contributed by atoms with Gasteiger partial charge in [0.1, 0.15) is 6.54 Å². The van der Waals surface area contributed by atoms with Gasteiger partial charge in [-0.25, -0.2) is 0 Å². The number of carbonyl (C=O) groups is 2. The number of carboxylic acids is 1. The molecular formula is C13H18N2O3. The Morgan fingerprint density at radius 1 is 1.28 bits per heavy atom. The third-order valence-electron chi connectivity index (χ3n) is 2.63. The van der Waals surface area contributed by atoms with Crippen LogP contribution in [-0.4, -0.2) is 34.5 Å². The predicted molar refractivity (Wildman–Crippen MR) is 68.1 cm³/mol. The topological polar surface area (TPSA) is 83.6 Å². The summed E-state index contributed by atoms with van der Waals surface area (Å²) in [6.07, 6.45) is 0. The fraction of sp³-hybridized carbons (Fsp3) is 0.385. The Labute approximate surface area is 106 Å². The molecule has 3 N–H and O–H groups in total. The monoisotopic (exact) mass is 250 g/mol. The van der Waals surface area contributed by atoms with E-state index in [9.17, 15) is 9.59 Å². The van der Waals surface area contributed by atoms with Gasteiger partial charge in [0, 0.05) is 18.2 Å². The molecular weight excluding hydrogens is 232 g/mol. The van der Waals surface area contributed by atoms with Crippen molar-refractivity contribution in [1.29, 1.82) is 0 Å². The molecule has 1 amide bonds. The molecule has 0 saturated heterocycles. The van der Waals surface area contributed by atoms with E-state index < -0.39 is 5.97 Å². The van der Waals surface area contributed by atoms with E-state index in [0.717, 1.165) is 5.56 Å². The van der Waals surface area contributed by atoms with Gasteiger partial charge in [0.2, 0.25) is 0 Å². The molecule has 0 aromatic heterocycles. The zero-order chi connectivity index (χ0) is 13.7. The molecule has 0 aliphatic rings. The van der Waals surface area contributed by atoms with Crippen LogP contribution in [0, 0.1) is 0 Å². The number of aliphatic carboxylic acids is 1. The van der Waals surface area contributed by atoms with Crippen molar-refractivity contribution in [3.8, 4) is 0 Å². The van der Waals surface area contributed by atoms with Gasteiger partial charge in [0.25, 0.3) is 5.91 Å². The molecule has 0 saturated carbocycles. The molecule has 0 spiro atoms. The van der Waals surface area contributed by atoms with Crippen LogP contribution >= 0.6 is 0 Å². The number of rotatable bonds is 5. The lowest BCUT2D eigenvalue weighted by Crippen LogP contribution is -2.40. The van der Waals surface area contributed by atoms with Crippen molar-refractivity contribution in [3.05, 3.63) is 35.4 Å². The van der Waals surface area contributed by atoms with Crippen LogP contribution in [0.1, 0.15) is 29.8 Å². The van der Waals surface area contributed by atoms with Gasteiger partial charge < -0.3 is 15.7 Å². The number of carbonyl (C=O) groups excluding carboxylic acids is 1. The number of nitrogens with two attached hydrogens (primary N) is 1. The van der Waals surface area contributed by atoms with Gasteiger partial charge in [-0.15, -0.1) is 0 Å². The average Bonchev–Trinajstić information content (AvgIpc) is 2.34. The van der Waals surface area contributed by atoms with Crippen molar-refractivity contribution in [1.82, 2.24) is 4.90 Å². The van der Waals surface area contributed by atoms with Crippen LogP contribution in [0.15, 0.2) is 24.3 Å². The third kappa shape index (κ3) is 3.56. The summed E-state index contributed by atoms with van der Waals surface area (Å²) < 4.78 is 0. The second-order valence-electron chi connectivity index (χ2n) is 4.32. The summed E-state index contributed by atoms with van der Waals surface area (Å²) in [7, 11) is 0. The van der Waals surface area contributed by atoms with Crippen molar-refractivity contribution >= 4 is 11.9 Å². The second kappa shape index (κ2) is 6.16. The van der Waals surface area contributed by atoms with Gasteiger partial charge in [-0.3, -0.25) is 9.59 Å². The summed E-state index contributed by atoms with van der Waals surface area (Å²) in [5.41, 5.74) is 6.88. The lowest BCUT2D eigenvalue weighted by Gasteiger charge is -2.25. The first-order valence-corrected chi connectivity index (χ1v) is 5.77. The maximum absolute atomic E-state index is 12.2. The number of hydrogen-bond donors (Lipinski definition) is 2. The van der Waals surface area contributed by atoms with Crippen molar-refractivity contribution in [3.63, 3.8) is 0 Å². The molecule has 1 aromatic rings. The Balaban J connectivity index is 2.90. The number of carboxylic acid groups (broad SMARTS) is 1. The number of hydrogen-bond acceptors (Lipinski definition) is 3. The van der Waals surface area contributed by atoms with Crippen LogP contribution in [0.4, 0.5) is 0 Å². The zero-order valence-electron chi connectivity index (χ0n) is 10.6. The van der Waals surface area contributed by atoms with Gasteiger partial charge in [0.15, 0.2) is 0 Å². The fourth-order valence-electron chi connectivity index (χ4n) is 1.58. The molecule has 1 aromatic carbocycles. The van der Waals surface area contributed by atoms with Crippen molar-refractivity contribution in [2.75, 3.05) is 6.54 Å². The van der Waals surface area contributed by atoms with E-state index in [1.807, 2.05) is 0 Å². The molecule has 0 aliphatic carbocycles. The van der Waals surface area contributed by atoms with Crippen LogP contribution in [0.25, 0.3) is 0 Å². The Morgan fingerprint density at radius 2 is 1.83 bits per heavy atom. The number of amides is 1. The van der Waals surface area contributed by atoms with Crippen molar-refractivity contribution in [2.45, 2.75) is 26.4 Å². The standard InChI is InChI=1S/C13H18N2O3/c1-9(2)15(8-12(16)17)13(18)11-5-3-10(7-14)4-6-11/h3-6,9H,7-8,14H2,1-2H3,(H,16,17). The first-order chi connectivity index (χ1) is 8.45. The molecule has 0 fully saturated rings. The van der Waals surface area contributed by atoms with E-state index in [4.69, 9.17) is 10.8 Å². The third-order valence-corrected chi connectivity index (χ3v) is 2.63.